The normalized spacial score (nSPS) is 15.5. The molecule has 0 N–H and O–H groups in total. The second kappa shape index (κ2) is 10.1. The second-order valence-corrected chi connectivity index (χ2v) is 5.96. The number of alkyl halides is 4. The van der Waals surface area contributed by atoms with Gasteiger partial charge in [0.15, 0.2) is 0 Å². The van der Waals surface area contributed by atoms with E-state index in [-0.39, 0.29) is 0 Å². The van der Waals surface area contributed by atoms with Crippen LogP contribution in [-0.2, 0) is 0 Å². The van der Waals surface area contributed by atoms with Crippen LogP contribution >= 0.6 is 0 Å². The highest BCUT2D eigenvalue weighted by Gasteiger charge is 2.26. The second-order valence-electron chi connectivity index (χ2n) is 5.96. The van der Waals surface area contributed by atoms with E-state index in [1.54, 1.807) is 32.1 Å². The van der Waals surface area contributed by atoms with Crippen LogP contribution in [0.15, 0.2) is 57.6 Å². The Morgan fingerprint density at radius 2 is 1.76 bits per heavy atom. The summed E-state index contributed by atoms with van der Waals surface area (Å²) in [5.74, 6) is 0. The average Bonchev–Trinajstić information content (AvgIpc) is 2.46. The van der Waals surface area contributed by atoms with Gasteiger partial charge in [0, 0.05) is 0 Å². The standard InChI is InChI=1S/C19H26F4N2/c1-7-9-10-16(18(5,6)20)11-15(8-2)17(14(3)4)25-13-24-12-19(21,22)23/h8-11,13H,3,7,12H2,1-2,4-6H3/b10-9-,15-8-,16-11+,24-13?,25-17?. The highest BCUT2D eigenvalue weighted by molar-refractivity contribution is 6.15. The zero-order valence-corrected chi connectivity index (χ0v) is 15.4. The van der Waals surface area contributed by atoms with E-state index in [4.69, 9.17) is 0 Å². The van der Waals surface area contributed by atoms with Crippen molar-refractivity contribution in [3.63, 3.8) is 0 Å². The molecule has 0 aliphatic rings. The minimum Gasteiger partial charge on any atom is -0.264 e. The Kier molecular flexibility index (Phi) is 9.31. The molecule has 0 amide bonds. The molecule has 0 radical (unpaired) electrons. The van der Waals surface area contributed by atoms with Gasteiger partial charge in [-0.15, -0.1) is 0 Å². The van der Waals surface area contributed by atoms with Gasteiger partial charge in [-0.1, -0.05) is 31.7 Å². The predicted octanol–water partition coefficient (Wildman–Crippen LogP) is 6.18. The maximum absolute atomic E-state index is 14.4. The number of halogens is 4. The maximum atomic E-state index is 14.4. The number of aliphatic imine (C=N–C) groups is 2. The lowest BCUT2D eigenvalue weighted by Gasteiger charge is -2.17. The molecule has 0 spiro atoms. The minimum absolute atomic E-state index is 0.361. The summed E-state index contributed by atoms with van der Waals surface area (Å²) in [6.45, 7) is 10.7. The van der Waals surface area contributed by atoms with E-state index < -0.39 is 18.4 Å². The average molecular weight is 358 g/mol. The summed E-state index contributed by atoms with van der Waals surface area (Å²) < 4.78 is 50.8. The predicted molar refractivity (Wildman–Crippen MR) is 98.1 cm³/mol. The van der Waals surface area contributed by atoms with Crippen molar-refractivity contribution < 1.29 is 17.6 Å². The number of hydrogen-bond donors (Lipinski definition) is 0. The van der Waals surface area contributed by atoms with Crippen molar-refractivity contribution in [2.45, 2.75) is 52.9 Å². The van der Waals surface area contributed by atoms with Crippen LogP contribution in [0.25, 0.3) is 0 Å². The molecule has 2 nitrogen and oxygen atoms in total. The third-order valence-corrected chi connectivity index (χ3v) is 3.06. The molecule has 25 heavy (non-hydrogen) atoms. The van der Waals surface area contributed by atoms with Crippen LogP contribution in [0.2, 0.25) is 0 Å². The number of rotatable bonds is 8. The van der Waals surface area contributed by atoms with Crippen molar-refractivity contribution in [2.24, 2.45) is 9.98 Å². The lowest BCUT2D eigenvalue weighted by molar-refractivity contribution is -0.118. The van der Waals surface area contributed by atoms with E-state index in [1.807, 2.05) is 13.0 Å². The van der Waals surface area contributed by atoms with Crippen LogP contribution in [0.4, 0.5) is 17.6 Å². The molecule has 0 atom stereocenters. The van der Waals surface area contributed by atoms with Gasteiger partial charge in [-0.3, -0.25) is 4.99 Å². The fourth-order valence-electron chi connectivity index (χ4n) is 1.79. The molecular weight excluding hydrogens is 332 g/mol. The van der Waals surface area contributed by atoms with Gasteiger partial charge in [-0.25, -0.2) is 9.38 Å². The lowest BCUT2D eigenvalue weighted by Crippen LogP contribution is -2.16. The first-order valence-corrected chi connectivity index (χ1v) is 7.95. The van der Waals surface area contributed by atoms with Crippen LogP contribution in [-0.4, -0.2) is 30.4 Å². The zero-order valence-electron chi connectivity index (χ0n) is 15.4. The molecule has 0 aromatic rings. The highest BCUT2D eigenvalue weighted by atomic mass is 19.4. The van der Waals surface area contributed by atoms with E-state index in [2.05, 4.69) is 16.6 Å². The van der Waals surface area contributed by atoms with Gasteiger partial charge in [-0.2, -0.15) is 13.2 Å². The first kappa shape index (κ1) is 23.0. The Labute approximate surface area is 147 Å². The summed E-state index contributed by atoms with van der Waals surface area (Å²) >= 11 is 0. The van der Waals surface area contributed by atoms with Crippen molar-refractivity contribution in [1.29, 1.82) is 0 Å². The first-order chi connectivity index (χ1) is 11.4. The van der Waals surface area contributed by atoms with E-state index in [1.165, 1.54) is 13.8 Å². The summed E-state index contributed by atoms with van der Waals surface area (Å²) in [5, 5.41) is 0. The largest absolute Gasteiger partial charge is 0.408 e. The number of nitrogens with zero attached hydrogens (tertiary/aromatic N) is 2. The fourth-order valence-corrected chi connectivity index (χ4v) is 1.79. The van der Waals surface area contributed by atoms with Gasteiger partial charge in [0.1, 0.15) is 18.6 Å². The molecule has 0 bridgehead atoms. The summed E-state index contributed by atoms with van der Waals surface area (Å²) in [7, 11) is 0. The molecule has 0 heterocycles. The molecule has 0 fully saturated rings. The Balaban J connectivity index is 5.79. The van der Waals surface area contributed by atoms with E-state index in [0.717, 1.165) is 12.8 Å². The van der Waals surface area contributed by atoms with E-state index in [0.29, 0.717) is 22.4 Å². The quantitative estimate of drug-likeness (QED) is 0.214. The number of hydrogen-bond acceptors (Lipinski definition) is 1. The molecule has 0 saturated carbocycles. The van der Waals surface area contributed by atoms with Crippen molar-refractivity contribution in [2.75, 3.05) is 6.54 Å². The van der Waals surface area contributed by atoms with Crippen molar-refractivity contribution in [3.05, 3.63) is 47.6 Å². The minimum atomic E-state index is -4.38. The van der Waals surface area contributed by atoms with Gasteiger partial charge in [-0.05, 0) is 56.9 Å². The molecule has 0 rings (SSSR count). The van der Waals surface area contributed by atoms with Gasteiger partial charge in [0.05, 0.1) is 5.71 Å². The van der Waals surface area contributed by atoms with Crippen LogP contribution in [0.5, 0.6) is 0 Å². The van der Waals surface area contributed by atoms with Gasteiger partial charge in [0.2, 0.25) is 0 Å². The maximum Gasteiger partial charge on any atom is 0.408 e. The molecule has 6 heteroatoms. The monoisotopic (exact) mass is 358 g/mol. The van der Waals surface area contributed by atoms with Crippen LogP contribution < -0.4 is 0 Å². The molecule has 0 aliphatic carbocycles. The Hall–Kier alpha value is -1.98. The van der Waals surface area contributed by atoms with Gasteiger partial charge >= 0.3 is 6.18 Å². The smallest absolute Gasteiger partial charge is 0.264 e. The molecule has 0 aromatic heterocycles. The molecule has 0 saturated heterocycles. The molecular formula is C19H26F4N2. The summed E-state index contributed by atoms with van der Waals surface area (Å²) in [4.78, 5) is 7.22. The van der Waals surface area contributed by atoms with Crippen LogP contribution in [0.1, 0.15) is 41.0 Å². The van der Waals surface area contributed by atoms with E-state index >= 15 is 0 Å². The Morgan fingerprint density at radius 1 is 1.16 bits per heavy atom. The van der Waals surface area contributed by atoms with E-state index in [9.17, 15) is 17.6 Å². The molecule has 0 aliphatic heterocycles. The van der Waals surface area contributed by atoms with Crippen molar-refractivity contribution in [1.82, 2.24) is 0 Å². The Bertz CT molecular complexity index is 598. The van der Waals surface area contributed by atoms with Crippen LogP contribution in [0, 0.1) is 0 Å². The topological polar surface area (TPSA) is 24.7 Å². The summed E-state index contributed by atoms with van der Waals surface area (Å²) in [5.41, 5.74) is 0.319. The molecule has 0 aromatic carbocycles. The van der Waals surface area contributed by atoms with Gasteiger partial charge < -0.3 is 0 Å². The molecule has 0 unspecified atom stereocenters. The van der Waals surface area contributed by atoms with Crippen LogP contribution in [0.3, 0.4) is 0 Å². The van der Waals surface area contributed by atoms with Crippen molar-refractivity contribution in [3.8, 4) is 0 Å². The SMILES string of the molecule is C=C(C)C(=NC=NCC(F)(F)F)C(=C\C)/C=C(\C=C/CC)C(C)(C)F. The molecule has 140 valence electrons. The third-order valence-electron chi connectivity index (χ3n) is 3.06. The highest BCUT2D eigenvalue weighted by Crippen LogP contribution is 2.25. The summed E-state index contributed by atoms with van der Waals surface area (Å²) in [6.07, 6.45) is 4.09. The Morgan fingerprint density at radius 3 is 2.16 bits per heavy atom. The summed E-state index contributed by atoms with van der Waals surface area (Å²) in [6, 6.07) is 0. The lowest BCUT2D eigenvalue weighted by atomic mass is 9.94. The first-order valence-electron chi connectivity index (χ1n) is 7.95. The third kappa shape index (κ3) is 9.79. The van der Waals surface area contributed by atoms with Crippen molar-refractivity contribution >= 4 is 12.1 Å². The van der Waals surface area contributed by atoms with Gasteiger partial charge in [0.25, 0.3) is 0 Å². The number of allylic oxidation sites excluding steroid dienone is 7. The fraction of sp³-hybridized carbons (Fsp3) is 0.474. The zero-order chi connectivity index (χ0) is 19.7.